The van der Waals surface area contributed by atoms with Gasteiger partial charge in [-0.25, -0.2) is 0 Å². The number of para-hydroxylation sites is 1. The number of benzene rings is 2. The zero-order valence-electron chi connectivity index (χ0n) is 18.7. The molecule has 3 aromatic rings. The molecular weight excluding hydrogens is 538 g/mol. The van der Waals surface area contributed by atoms with E-state index in [9.17, 15) is 14.4 Å². The molecule has 1 saturated heterocycles. The molecule has 1 aromatic heterocycles. The topological polar surface area (TPSA) is 71.4 Å². The number of rotatable bonds is 5. The predicted octanol–water partition coefficient (Wildman–Crippen LogP) is 6.49. The van der Waals surface area contributed by atoms with Crippen molar-refractivity contribution in [1.82, 2.24) is 9.47 Å². The van der Waals surface area contributed by atoms with Crippen LogP contribution in [0, 0.1) is 20.8 Å². The van der Waals surface area contributed by atoms with Crippen LogP contribution < -0.4 is 5.32 Å². The van der Waals surface area contributed by atoms with E-state index < -0.39 is 17.1 Å². The van der Waals surface area contributed by atoms with Gasteiger partial charge in [-0.1, -0.05) is 39.7 Å². The van der Waals surface area contributed by atoms with Crippen LogP contribution in [0.15, 0.2) is 57.9 Å². The van der Waals surface area contributed by atoms with Crippen LogP contribution in [-0.4, -0.2) is 33.1 Å². The first-order chi connectivity index (χ1) is 16.2. The van der Waals surface area contributed by atoms with Crippen molar-refractivity contribution in [2.45, 2.75) is 20.8 Å². The summed E-state index contributed by atoms with van der Waals surface area (Å²) < 4.78 is 3.14. The molecule has 4 rings (SSSR count). The zero-order valence-corrected chi connectivity index (χ0v) is 21.8. The molecule has 2 heterocycles. The normalized spacial score (nSPS) is 14.9. The molecule has 0 bridgehead atoms. The number of halogens is 2. The zero-order chi connectivity index (χ0) is 24.6. The van der Waals surface area contributed by atoms with E-state index in [0.29, 0.717) is 10.7 Å². The highest BCUT2D eigenvalue weighted by molar-refractivity contribution is 9.10. The fourth-order valence-corrected chi connectivity index (χ4v) is 5.03. The molecule has 3 amide bonds. The Bertz CT molecular complexity index is 1370. The molecule has 0 atom stereocenters. The van der Waals surface area contributed by atoms with Crippen molar-refractivity contribution in [1.29, 1.82) is 0 Å². The Hall–Kier alpha value is -2.81. The van der Waals surface area contributed by atoms with Gasteiger partial charge in [0.2, 0.25) is 5.91 Å². The monoisotopic (exact) mass is 557 g/mol. The quantitative estimate of drug-likeness (QED) is 0.363. The van der Waals surface area contributed by atoms with Gasteiger partial charge in [0.1, 0.15) is 6.54 Å². The molecule has 1 aliphatic heterocycles. The first-order valence-electron chi connectivity index (χ1n) is 10.4. The standard InChI is InChI=1S/C25H21BrClN3O3S/c1-14-10-18(8-9-19(14)26)30-15(2)11-17(16(30)3)12-22-24(32)29(25(33)34-22)13-23(31)28-21-7-5-4-6-20(21)27/h4-12H,13H2,1-3H3,(H,28,31)/b22-12+. The maximum atomic E-state index is 12.9. The molecule has 2 aromatic carbocycles. The summed E-state index contributed by atoms with van der Waals surface area (Å²) in [6.07, 6.45) is 1.71. The third-order valence-corrected chi connectivity index (χ3v) is 7.61. The second kappa shape index (κ2) is 9.82. The molecule has 1 aliphatic rings. The van der Waals surface area contributed by atoms with Crippen molar-refractivity contribution in [2.75, 3.05) is 11.9 Å². The minimum atomic E-state index is -0.500. The van der Waals surface area contributed by atoms with Crippen molar-refractivity contribution in [3.8, 4) is 5.69 Å². The lowest BCUT2D eigenvalue weighted by atomic mass is 10.2. The Balaban J connectivity index is 1.55. The predicted molar refractivity (Wildman–Crippen MR) is 140 cm³/mol. The number of aryl methyl sites for hydroxylation is 2. The summed E-state index contributed by atoms with van der Waals surface area (Å²) in [5.74, 6) is -0.992. The number of imide groups is 1. The number of nitrogens with zero attached hydrogens (tertiary/aromatic N) is 2. The summed E-state index contributed by atoms with van der Waals surface area (Å²) in [5.41, 5.74) is 5.34. The van der Waals surface area contributed by atoms with Crippen LogP contribution in [0.4, 0.5) is 10.5 Å². The van der Waals surface area contributed by atoms with Gasteiger partial charge in [-0.3, -0.25) is 19.3 Å². The van der Waals surface area contributed by atoms with Crippen molar-refractivity contribution in [2.24, 2.45) is 0 Å². The van der Waals surface area contributed by atoms with E-state index in [2.05, 4.69) is 31.9 Å². The molecule has 1 N–H and O–H groups in total. The van der Waals surface area contributed by atoms with Crippen LogP contribution in [0.3, 0.4) is 0 Å². The second-order valence-corrected chi connectivity index (χ2v) is 10.1. The van der Waals surface area contributed by atoms with Gasteiger partial charge in [-0.2, -0.15) is 0 Å². The summed E-state index contributed by atoms with van der Waals surface area (Å²) in [6, 6.07) is 14.9. The molecule has 1 fully saturated rings. The highest BCUT2D eigenvalue weighted by atomic mass is 79.9. The van der Waals surface area contributed by atoms with E-state index >= 15 is 0 Å². The Morgan fingerprint density at radius 1 is 1.12 bits per heavy atom. The minimum absolute atomic E-state index is 0.280. The van der Waals surface area contributed by atoms with E-state index in [0.717, 1.165) is 49.3 Å². The maximum absolute atomic E-state index is 12.9. The molecular formula is C25H21BrClN3O3S. The number of nitrogens with one attached hydrogen (secondary N) is 1. The lowest BCUT2D eigenvalue weighted by Crippen LogP contribution is -2.36. The number of aromatic nitrogens is 1. The summed E-state index contributed by atoms with van der Waals surface area (Å²) in [7, 11) is 0. The maximum Gasteiger partial charge on any atom is 0.294 e. The van der Waals surface area contributed by atoms with Crippen molar-refractivity contribution in [3.05, 3.63) is 85.4 Å². The van der Waals surface area contributed by atoms with Gasteiger partial charge in [-0.15, -0.1) is 0 Å². The van der Waals surface area contributed by atoms with E-state index in [-0.39, 0.29) is 11.4 Å². The molecule has 34 heavy (non-hydrogen) atoms. The van der Waals surface area contributed by atoms with Crippen LogP contribution in [-0.2, 0) is 9.59 Å². The number of anilines is 1. The van der Waals surface area contributed by atoms with Gasteiger partial charge >= 0.3 is 0 Å². The van der Waals surface area contributed by atoms with E-state index in [1.54, 1.807) is 30.3 Å². The van der Waals surface area contributed by atoms with Crippen molar-refractivity contribution in [3.63, 3.8) is 0 Å². The van der Waals surface area contributed by atoms with Crippen molar-refractivity contribution < 1.29 is 14.4 Å². The van der Waals surface area contributed by atoms with E-state index in [4.69, 9.17) is 11.6 Å². The van der Waals surface area contributed by atoms with Crippen LogP contribution in [0.1, 0.15) is 22.5 Å². The summed E-state index contributed by atoms with van der Waals surface area (Å²) in [6.45, 7) is 5.61. The van der Waals surface area contributed by atoms with Gasteiger partial charge in [0, 0.05) is 21.5 Å². The fraction of sp³-hybridized carbons (Fsp3) is 0.160. The molecule has 6 nitrogen and oxygen atoms in total. The second-order valence-electron chi connectivity index (χ2n) is 7.89. The van der Waals surface area contributed by atoms with Gasteiger partial charge in [0.05, 0.1) is 15.6 Å². The first-order valence-corrected chi connectivity index (χ1v) is 12.4. The molecule has 0 spiro atoms. The van der Waals surface area contributed by atoms with E-state index in [1.807, 2.05) is 39.0 Å². The van der Waals surface area contributed by atoms with Gasteiger partial charge in [0.25, 0.3) is 11.1 Å². The summed E-state index contributed by atoms with van der Waals surface area (Å²) in [5, 5.41) is 2.53. The Morgan fingerprint density at radius 2 is 1.85 bits per heavy atom. The van der Waals surface area contributed by atoms with Gasteiger partial charge in [0.15, 0.2) is 0 Å². The van der Waals surface area contributed by atoms with Crippen LogP contribution in [0.25, 0.3) is 11.8 Å². The minimum Gasteiger partial charge on any atom is -0.323 e. The largest absolute Gasteiger partial charge is 0.323 e. The molecule has 0 saturated carbocycles. The third kappa shape index (κ3) is 4.85. The Morgan fingerprint density at radius 3 is 2.56 bits per heavy atom. The summed E-state index contributed by atoms with van der Waals surface area (Å²) >= 11 is 10.4. The average Bonchev–Trinajstić information content (AvgIpc) is 3.21. The molecule has 9 heteroatoms. The Labute approximate surface area is 215 Å². The highest BCUT2D eigenvalue weighted by Crippen LogP contribution is 2.34. The molecule has 0 unspecified atom stereocenters. The highest BCUT2D eigenvalue weighted by Gasteiger charge is 2.36. The molecule has 0 radical (unpaired) electrons. The average molecular weight is 559 g/mol. The fourth-order valence-electron chi connectivity index (χ4n) is 3.77. The number of carbonyl (C=O) groups excluding carboxylic acids is 3. The number of hydrogen-bond acceptors (Lipinski definition) is 4. The van der Waals surface area contributed by atoms with Crippen LogP contribution in [0.2, 0.25) is 5.02 Å². The van der Waals surface area contributed by atoms with Gasteiger partial charge < -0.3 is 9.88 Å². The van der Waals surface area contributed by atoms with Crippen LogP contribution >= 0.6 is 39.3 Å². The van der Waals surface area contributed by atoms with E-state index in [1.165, 1.54) is 0 Å². The first kappa shape index (κ1) is 24.3. The lowest BCUT2D eigenvalue weighted by molar-refractivity contribution is -0.127. The number of amides is 3. The SMILES string of the molecule is Cc1cc(-n2c(C)cc(/C=C3/SC(=O)N(CC(=O)Nc4ccccc4Cl)C3=O)c2C)ccc1Br. The molecule has 0 aliphatic carbocycles. The smallest absolute Gasteiger partial charge is 0.294 e. The Kier molecular flexibility index (Phi) is 7.02. The number of carbonyl (C=O) groups is 3. The van der Waals surface area contributed by atoms with Gasteiger partial charge in [-0.05, 0) is 86.1 Å². The number of hydrogen-bond donors (Lipinski definition) is 1. The third-order valence-electron chi connectivity index (χ3n) is 5.48. The lowest BCUT2D eigenvalue weighted by Gasteiger charge is -2.13. The van der Waals surface area contributed by atoms with Crippen LogP contribution in [0.5, 0.6) is 0 Å². The number of thioether (sulfide) groups is 1. The summed E-state index contributed by atoms with van der Waals surface area (Å²) in [4.78, 5) is 39.1. The molecule has 174 valence electrons. The van der Waals surface area contributed by atoms with Crippen molar-refractivity contribution >= 4 is 68.1 Å².